The normalized spacial score (nSPS) is 10.5. The first-order chi connectivity index (χ1) is 12.6. The standard InChI is InChI=1S/C18H18ClN5O2/c1-26-16-8-2-13(3-9-16)10-11-20-17(25)12-24-22-18(21-23-24)14-4-6-15(19)7-5-14/h2-9H,10-12H2,1H3,(H,20,25). The first kappa shape index (κ1) is 17.9. The van der Waals surface area contributed by atoms with E-state index < -0.39 is 0 Å². The number of carbonyl (C=O) groups is 1. The summed E-state index contributed by atoms with van der Waals surface area (Å²) in [5, 5.41) is 15.6. The summed E-state index contributed by atoms with van der Waals surface area (Å²) in [6.45, 7) is 0.549. The highest BCUT2D eigenvalue weighted by Gasteiger charge is 2.09. The lowest BCUT2D eigenvalue weighted by Crippen LogP contribution is -2.30. The molecule has 0 saturated carbocycles. The molecule has 134 valence electrons. The molecule has 1 N–H and O–H groups in total. The number of amides is 1. The van der Waals surface area contributed by atoms with E-state index in [9.17, 15) is 4.79 Å². The van der Waals surface area contributed by atoms with E-state index in [0.29, 0.717) is 17.4 Å². The van der Waals surface area contributed by atoms with Crippen molar-refractivity contribution < 1.29 is 9.53 Å². The van der Waals surface area contributed by atoms with Gasteiger partial charge in [-0.15, -0.1) is 10.2 Å². The second-order valence-electron chi connectivity index (χ2n) is 5.60. The van der Waals surface area contributed by atoms with Crippen LogP contribution in [-0.2, 0) is 17.8 Å². The lowest BCUT2D eigenvalue weighted by molar-refractivity contribution is -0.122. The van der Waals surface area contributed by atoms with Crippen LogP contribution >= 0.6 is 11.6 Å². The maximum atomic E-state index is 12.0. The molecule has 1 heterocycles. The minimum atomic E-state index is -0.168. The minimum absolute atomic E-state index is 0.0171. The van der Waals surface area contributed by atoms with Crippen molar-refractivity contribution >= 4 is 17.5 Å². The Morgan fingerprint density at radius 1 is 1.15 bits per heavy atom. The number of halogens is 1. The van der Waals surface area contributed by atoms with Crippen molar-refractivity contribution in [2.75, 3.05) is 13.7 Å². The molecule has 8 heteroatoms. The summed E-state index contributed by atoms with van der Waals surface area (Å²) in [7, 11) is 1.63. The summed E-state index contributed by atoms with van der Waals surface area (Å²) in [4.78, 5) is 13.3. The third kappa shape index (κ3) is 4.80. The Bertz CT molecular complexity index is 862. The maximum absolute atomic E-state index is 12.0. The molecule has 0 fully saturated rings. The van der Waals surface area contributed by atoms with E-state index in [4.69, 9.17) is 16.3 Å². The number of methoxy groups -OCH3 is 1. The van der Waals surface area contributed by atoms with E-state index in [-0.39, 0.29) is 12.5 Å². The third-order valence-corrected chi connectivity index (χ3v) is 3.99. The number of hydrogen-bond acceptors (Lipinski definition) is 5. The highest BCUT2D eigenvalue weighted by atomic mass is 35.5. The van der Waals surface area contributed by atoms with Crippen molar-refractivity contribution in [1.82, 2.24) is 25.5 Å². The topological polar surface area (TPSA) is 81.9 Å². The Morgan fingerprint density at radius 2 is 1.88 bits per heavy atom. The van der Waals surface area contributed by atoms with Gasteiger partial charge >= 0.3 is 0 Å². The Kier molecular flexibility index (Phi) is 5.80. The molecule has 0 bridgehead atoms. The van der Waals surface area contributed by atoms with Gasteiger partial charge in [-0.25, -0.2) is 0 Å². The third-order valence-electron chi connectivity index (χ3n) is 3.74. The van der Waals surface area contributed by atoms with Crippen molar-refractivity contribution in [3.8, 4) is 17.1 Å². The Balaban J connectivity index is 1.48. The molecule has 0 unspecified atom stereocenters. The zero-order valence-corrected chi connectivity index (χ0v) is 15.0. The van der Waals surface area contributed by atoms with E-state index in [1.807, 2.05) is 24.3 Å². The van der Waals surface area contributed by atoms with Crippen LogP contribution in [-0.4, -0.2) is 39.8 Å². The summed E-state index contributed by atoms with van der Waals surface area (Å²) < 4.78 is 5.12. The average Bonchev–Trinajstić information content (AvgIpc) is 3.11. The van der Waals surface area contributed by atoms with Crippen LogP contribution in [0.4, 0.5) is 0 Å². The Morgan fingerprint density at radius 3 is 2.58 bits per heavy atom. The number of nitrogens with one attached hydrogen (secondary N) is 1. The van der Waals surface area contributed by atoms with Gasteiger partial charge < -0.3 is 10.1 Å². The molecule has 3 rings (SSSR count). The largest absolute Gasteiger partial charge is 0.497 e. The van der Waals surface area contributed by atoms with E-state index >= 15 is 0 Å². The highest BCUT2D eigenvalue weighted by Crippen LogP contribution is 2.16. The summed E-state index contributed by atoms with van der Waals surface area (Å²) in [5.41, 5.74) is 1.91. The summed E-state index contributed by atoms with van der Waals surface area (Å²) >= 11 is 5.86. The minimum Gasteiger partial charge on any atom is -0.497 e. The predicted molar refractivity (Wildman–Crippen MR) is 98.0 cm³/mol. The van der Waals surface area contributed by atoms with E-state index in [0.717, 1.165) is 23.3 Å². The number of ether oxygens (including phenoxy) is 1. The number of benzene rings is 2. The van der Waals surface area contributed by atoms with E-state index in [1.165, 1.54) is 4.80 Å². The second-order valence-corrected chi connectivity index (χ2v) is 6.03. The van der Waals surface area contributed by atoms with Crippen LogP contribution in [0.3, 0.4) is 0 Å². The predicted octanol–water partition coefficient (Wildman–Crippen LogP) is 2.36. The maximum Gasteiger partial charge on any atom is 0.243 e. The molecule has 3 aromatic rings. The van der Waals surface area contributed by atoms with Gasteiger partial charge in [-0.2, -0.15) is 4.80 Å². The van der Waals surface area contributed by atoms with Gasteiger partial charge in [0.25, 0.3) is 0 Å². The molecule has 0 aliphatic heterocycles. The quantitative estimate of drug-likeness (QED) is 0.689. The van der Waals surface area contributed by atoms with Crippen LogP contribution in [0.1, 0.15) is 5.56 Å². The average molecular weight is 372 g/mol. The van der Waals surface area contributed by atoms with Gasteiger partial charge in [0.05, 0.1) is 7.11 Å². The van der Waals surface area contributed by atoms with Gasteiger partial charge in [0.15, 0.2) is 0 Å². The molecule has 7 nitrogen and oxygen atoms in total. The molecule has 0 radical (unpaired) electrons. The smallest absolute Gasteiger partial charge is 0.243 e. The molecule has 0 saturated heterocycles. The van der Waals surface area contributed by atoms with Crippen LogP contribution < -0.4 is 10.1 Å². The number of nitrogens with zero attached hydrogens (tertiary/aromatic N) is 4. The zero-order valence-electron chi connectivity index (χ0n) is 14.2. The monoisotopic (exact) mass is 371 g/mol. The molecule has 1 aromatic heterocycles. The lowest BCUT2D eigenvalue weighted by atomic mass is 10.1. The summed E-state index contributed by atoms with van der Waals surface area (Å²) in [6.07, 6.45) is 0.733. The Hall–Kier alpha value is -2.93. The molecule has 0 aliphatic rings. The molecular formula is C18H18ClN5O2. The van der Waals surface area contributed by atoms with Crippen LogP contribution in [0, 0.1) is 0 Å². The SMILES string of the molecule is COc1ccc(CCNC(=O)Cn2nnc(-c3ccc(Cl)cc3)n2)cc1. The zero-order chi connectivity index (χ0) is 18.4. The highest BCUT2D eigenvalue weighted by molar-refractivity contribution is 6.30. The van der Waals surface area contributed by atoms with Crippen molar-refractivity contribution in [2.45, 2.75) is 13.0 Å². The molecule has 2 aromatic carbocycles. The van der Waals surface area contributed by atoms with E-state index in [1.54, 1.807) is 31.4 Å². The molecule has 0 spiro atoms. The lowest BCUT2D eigenvalue weighted by Gasteiger charge is -2.05. The van der Waals surface area contributed by atoms with Gasteiger partial charge in [0.2, 0.25) is 11.7 Å². The van der Waals surface area contributed by atoms with Gasteiger partial charge in [-0.05, 0) is 53.6 Å². The van der Waals surface area contributed by atoms with Crippen molar-refractivity contribution in [3.63, 3.8) is 0 Å². The summed E-state index contributed by atoms with van der Waals surface area (Å²) in [6, 6.07) is 14.9. The fourth-order valence-electron chi connectivity index (χ4n) is 2.35. The van der Waals surface area contributed by atoms with Crippen LogP contribution in [0.2, 0.25) is 5.02 Å². The molecule has 26 heavy (non-hydrogen) atoms. The number of carbonyl (C=O) groups excluding carboxylic acids is 1. The summed E-state index contributed by atoms with van der Waals surface area (Å²) in [5.74, 6) is 1.10. The number of hydrogen-bond donors (Lipinski definition) is 1. The first-order valence-corrected chi connectivity index (χ1v) is 8.45. The van der Waals surface area contributed by atoms with Crippen molar-refractivity contribution in [2.24, 2.45) is 0 Å². The van der Waals surface area contributed by atoms with Gasteiger partial charge in [0.1, 0.15) is 12.3 Å². The molecule has 0 aliphatic carbocycles. The van der Waals surface area contributed by atoms with E-state index in [2.05, 4.69) is 20.7 Å². The fourth-order valence-corrected chi connectivity index (χ4v) is 2.47. The van der Waals surface area contributed by atoms with Gasteiger partial charge in [-0.3, -0.25) is 4.79 Å². The fraction of sp³-hybridized carbons (Fsp3) is 0.222. The van der Waals surface area contributed by atoms with Gasteiger partial charge in [0, 0.05) is 17.1 Å². The van der Waals surface area contributed by atoms with Gasteiger partial charge in [-0.1, -0.05) is 23.7 Å². The van der Waals surface area contributed by atoms with Crippen LogP contribution in [0.25, 0.3) is 11.4 Å². The Labute approximate surface area is 155 Å². The van der Waals surface area contributed by atoms with Crippen LogP contribution in [0.15, 0.2) is 48.5 Å². The van der Waals surface area contributed by atoms with Crippen LogP contribution in [0.5, 0.6) is 5.75 Å². The number of aromatic nitrogens is 4. The number of tetrazole rings is 1. The van der Waals surface area contributed by atoms with Crippen molar-refractivity contribution in [1.29, 1.82) is 0 Å². The second kappa shape index (κ2) is 8.44. The first-order valence-electron chi connectivity index (χ1n) is 8.07. The molecular weight excluding hydrogens is 354 g/mol. The molecule has 1 amide bonds. The molecule has 0 atom stereocenters. The number of rotatable bonds is 7. The van der Waals surface area contributed by atoms with Crippen molar-refractivity contribution in [3.05, 3.63) is 59.1 Å².